The van der Waals surface area contributed by atoms with Gasteiger partial charge in [-0.1, -0.05) is 11.6 Å². The summed E-state index contributed by atoms with van der Waals surface area (Å²) in [6, 6.07) is 5.69. The minimum atomic E-state index is -0.735. The lowest BCUT2D eigenvalue weighted by Gasteiger charge is -2.31. The average molecular weight is 257 g/mol. The fourth-order valence-electron chi connectivity index (χ4n) is 1.86. The second-order valence-electron chi connectivity index (χ2n) is 4.80. The number of likely N-dealkylation sites (N-methyl/N-ethyl adjacent to an activating group) is 1. The molecule has 3 nitrogen and oxygen atoms in total. The van der Waals surface area contributed by atoms with Crippen LogP contribution >= 0.6 is 11.6 Å². The highest BCUT2D eigenvalue weighted by atomic mass is 35.5. The molecule has 1 aromatic carbocycles. The first-order chi connectivity index (χ1) is 7.87. The third kappa shape index (κ3) is 4.19. The van der Waals surface area contributed by atoms with Crippen molar-refractivity contribution < 1.29 is 5.11 Å². The molecule has 96 valence electrons. The quantitative estimate of drug-likeness (QED) is 0.851. The molecule has 0 spiro atoms. The maximum Gasteiger partial charge on any atom is 0.0765 e. The minimum absolute atomic E-state index is 0.443. The summed E-state index contributed by atoms with van der Waals surface area (Å²) in [7, 11) is 0. The van der Waals surface area contributed by atoms with Crippen LogP contribution in [0.3, 0.4) is 0 Å². The zero-order chi connectivity index (χ0) is 13.1. The molecule has 1 rings (SSSR count). The zero-order valence-electron chi connectivity index (χ0n) is 10.7. The van der Waals surface area contributed by atoms with Crippen LogP contribution in [0.25, 0.3) is 0 Å². The second kappa shape index (κ2) is 5.71. The number of nitrogens with two attached hydrogens (primary N) is 1. The molecule has 0 fully saturated rings. The average Bonchev–Trinajstić information content (AvgIpc) is 2.24. The van der Waals surface area contributed by atoms with Crippen LogP contribution in [0.15, 0.2) is 18.2 Å². The van der Waals surface area contributed by atoms with E-state index in [2.05, 4.69) is 11.8 Å². The van der Waals surface area contributed by atoms with Crippen LogP contribution in [0, 0.1) is 0 Å². The largest absolute Gasteiger partial charge is 0.389 e. The number of nitrogens with zero attached hydrogens (tertiary/aromatic N) is 1. The minimum Gasteiger partial charge on any atom is -0.389 e. The summed E-state index contributed by atoms with van der Waals surface area (Å²) in [6.45, 7) is 7.48. The van der Waals surface area contributed by atoms with Gasteiger partial charge in [0, 0.05) is 30.3 Å². The van der Waals surface area contributed by atoms with Gasteiger partial charge in [-0.25, -0.2) is 0 Å². The summed E-state index contributed by atoms with van der Waals surface area (Å²) in [5.74, 6) is 0. The number of halogens is 1. The van der Waals surface area contributed by atoms with Crippen LogP contribution in [-0.4, -0.2) is 23.8 Å². The molecule has 3 N–H and O–H groups in total. The van der Waals surface area contributed by atoms with Crippen molar-refractivity contribution in [1.29, 1.82) is 0 Å². The molecule has 1 aromatic rings. The molecule has 0 saturated heterocycles. The Hall–Kier alpha value is -0.770. The van der Waals surface area contributed by atoms with Gasteiger partial charge in [-0.05, 0) is 44.5 Å². The SMILES string of the molecule is CCN(CC(C)(C)O)c1ccc(Cl)cc1CN. The topological polar surface area (TPSA) is 49.5 Å². The summed E-state index contributed by atoms with van der Waals surface area (Å²) < 4.78 is 0. The Balaban J connectivity index is 3.03. The molecule has 4 heteroatoms. The van der Waals surface area contributed by atoms with Gasteiger partial charge in [0.15, 0.2) is 0 Å². The van der Waals surface area contributed by atoms with Crippen molar-refractivity contribution in [2.24, 2.45) is 5.73 Å². The summed E-state index contributed by atoms with van der Waals surface area (Å²) in [4.78, 5) is 2.11. The Morgan fingerprint density at radius 2 is 2.06 bits per heavy atom. The smallest absolute Gasteiger partial charge is 0.0765 e. The lowest BCUT2D eigenvalue weighted by atomic mass is 10.1. The van der Waals surface area contributed by atoms with E-state index in [0.717, 1.165) is 17.8 Å². The molecular formula is C13H21ClN2O. The molecule has 0 aromatic heterocycles. The van der Waals surface area contributed by atoms with Gasteiger partial charge in [-0.3, -0.25) is 0 Å². The van der Waals surface area contributed by atoms with Gasteiger partial charge >= 0.3 is 0 Å². The van der Waals surface area contributed by atoms with E-state index in [1.165, 1.54) is 0 Å². The van der Waals surface area contributed by atoms with E-state index in [4.69, 9.17) is 17.3 Å². The molecule has 0 bridgehead atoms. The Morgan fingerprint density at radius 3 is 2.53 bits per heavy atom. The zero-order valence-corrected chi connectivity index (χ0v) is 11.5. The van der Waals surface area contributed by atoms with Crippen molar-refractivity contribution in [1.82, 2.24) is 0 Å². The lowest BCUT2D eigenvalue weighted by Crippen LogP contribution is -2.39. The number of hydrogen-bond donors (Lipinski definition) is 2. The first-order valence-electron chi connectivity index (χ1n) is 5.83. The molecule has 0 heterocycles. The van der Waals surface area contributed by atoms with E-state index in [0.29, 0.717) is 18.1 Å². The maximum atomic E-state index is 9.90. The molecule has 0 aliphatic carbocycles. The van der Waals surface area contributed by atoms with Crippen LogP contribution in [0.1, 0.15) is 26.3 Å². The third-order valence-corrected chi connectivity index (χ3v) is 2.80. The molecule has 17 heavy (non-hydrogen) atoms. The molecule has 0 unspecified atom stereocenters. The summed E-state index contributed by atoms with van der Waals surface area (Å²) >= 11 is 5.95. The maximum absolute atomic E-state index is 9.90. The predicted molar refractivity (Wildman–Crippen MR) is 73.5 cm³/mol. The van der Waals surface area contributed by atoms with Crippen LogP contribution in [0.4, 0.5) is 5.69 Å². The van der Waals surface area contributed by atoms with Gasteiger partial charge in [0.05, 0.1) is 5.60 Å². The van der Waals surface area contributed by atoms with Crippen molar-refractivity contribution >= 4 is 17.3 Å². The molecule has 0 amide bonds. The molecule has 0 radical (unpaired) electrons. The van der Waals surface area contributed by atoms with Crippen molar-refractivity contribution in [3.8, 4) is 0 Å². The third-order valence-electron chi connectivity index (χ3n) is 2.56. The molecule has 0 aliphatic rings. The van der Waals surface area contributed by atoms with E-state index in [9.17, 15) is 5.11 Å². The number of hydrogen-bond acceptors (Lipinski definition) is 3. The highest BCUT2D eigenvalue weighted by Gasteiger charge is 2.19. The number of anilines is 1. The van der Waals surface area contributed by atoms with Crippen molar-refractivity contribution in [3.05, 3.63) is 28.8 Å². The standard InChI is InChI=1S/C13H21ClN2O/c1-4-16(9-13(2,3)17)12-6-5-11(14)7-10(12)8-15/h5-7,17H,4,8-9,15H2,1-3H3. The van der Waals surface area contributed by atoms with Gasteiger partial charge in [0.1, 0.15) is 0 Å². The summed E-state index contributed by atoms with van der Waals surface area (Å²) in [5, 5.41) is 10.6. The highest BCUT2D eigenvalue weighted by molar-refractivity contribution is 6.30. The molecule has 0 atom stereocenters. The molecule has 0 aliphatic heterocycles. The first kappa shape index (κ1) is 14.3. The van der Waals surface area contributed by atoms with Gasteiger partial charge in [0.2, 0.25) is 0 Å². The first-order valence-corrected chi connectivity index (χ1v) is 6.21. The molecule has 0 saturated carbocycles. The highest BCUT2D eigenvalue weighted by Crippen LogP contribution is 2.25. The fraction of sp³-hybridized carbons (Fsp3) is 0.538. The van der Waals surface area contributed by atoms with Gasteiger partial charge in [-0.2, -0.15) is 0 Å². The van der Waals surface area contributed by atoms with Crippen LogP contribution < -0.4 is 10.6 Å². The van der Waals surface area contributed by atoms with Gasteiger partial charge in [-0.15, -0.1) is 0 Å². The Labute approximate surface area is 108 Å². The predicted octanol–water partition coefficient (Wildman–Crippen LogP) is 2.40. The number of benzene rings is 1. The monoisotopic (exact) mass is 256 g/mol. The summed E-state index contributed by atoms with van der Waals surface area (Å²) in [6.07, 6.45) is 0. The number of aliphatic hydroxyl groups is 1. The van der Waals surface area contributed by atoms with E-state index in [1.54, 1.807) is 13.8 Å². The van der Waals surface area contributed by atoms with Crippen LogP contribution in [0.2, 0.25) is 5.02 Å². The lowest BCUT2D eigenvalue weighted by molar-refractivity contribution is 0.0875. The Morgan fingerprint density at radius 1 is 1.41 bits per heavy atom. The summed E-state index contributed by atoms with van der Waals surface area (Å²) in [5.41, 5.74) is 7.04. The van der Waals surface area contributed by atoms with Crippen molar-refractivity contribution in [3.63, 3.8) is 0 Å². The van der Waals surface area contributed by atoms with Crippen molar-refractivity contribution in [2.75, 3.05) is 18.0 Å². The Bertz CT molecular complexity index is 374. The van der Waals surface area contributed by atoms with E-state index < -0.39 is 5.60 Å². The fourth-order valence-corrected chi connectivity index (χ4v) is 2.06. The number of rotatable bonds is 5. The van der Waals surface area contributed by atoms with Gasteiger partial charge < -0.3 is 15.7 Å². The van der Waals surface area contributed by atoms with E-state index in [-0.39, 0.29) is 0 Å². The van der Waals surface area contributed by atoms with Crippen LogP contribution in [0.5, 0.6) is 0 Å². The normalized spacial score (nSPS) is 11.6. The van der Waals surface area contributed by atoms with E-state index >= 15 is 0 Å². The molecular weight excluding hydrogens is 236 g/mol. The van der Waals surface area contributed by atoms with Gasteiger partial charge in [0.25, 0.3) is 0 Å². The van der Waals surface area contributed by atoms with Crippen molar-refractivity contribution in [2.45, 2.75) is 32.9 Å². The van der Waals surface area contributed by atoms with Crippen LogP contribution in [-0.2, 0) is 6.54 Å². The van der Waals surface area contributed by atoms with E-state index in [1.807, 2.05) is 18.2 Å². The second-order valence-corrected chi connectivity index (χ2v) is 5.24. The Kier molecular flexibility index (Phi) is 4.80.